The molecule has 152 valence electrons. The first-order valence-electron chi connectivity index (χ1n) is 9.35. The fraction of sp³-hybridized carbons (Fsp3) is 0.227. The van der Waals surface area contributed by atoms with Gasteiger partial charge in [0.15, 0.2) is 5.78 Å². The van der Waals surface area contributed by atoms with Crippen molar-refractivity contribution in [2.45, 2.75) is 38.5 Å². The van der Waals surface area contributed by atoms with Crippen LogP contribution in [0.15, 0.2) is 53.4 Å². The summed E-state index contributed by atoms with van der Waals surface area (Å²) >= 11 is 6.07. The molecule has 0 saturated carbocycles. The highest BCUT2D eigenvalue weighted by Gasteiger charge is 2.25. The van der Waals surface area contributed by atoms with E-state index < -0.39 is 10.0 Å². The zero-order valence-electron chi connectivity index (χ0n) is 16.6. The number of hydrogen-bond donors (Lipinski definition) is 1. The van der Waals surface area contributed by atoms with E-state index in [0.717, 1.165) is 33.8 Å². The summed E-state index contributed by atoms with van der Waals surface area (Å²) in [5.41, 5.74) is 5.09. The number of aromatic nitrogens is 1. The van der Waals surface area contributed by atoms with E-state index in [0.29, 0.717) is 17.9 Å². The lowest BCUT2D eigenvalue weighted by atomic mass is 9.98. The first kappa shape index (κ1) is 21.3. The normalized spacial score (nSPS) is 11.6. The Balaban J connectivity index is 2.34. The second-order valence-electron chi connectivity index (χ2n) is 6.80. The molecule has 0 aliphatic carbocycles. The molecule has 7 heteroatoms. The quantitative estimate of drug-likeness (QED) is 0.564. The third-order valence-corrected chi connectivity index (χ3v) is 6.18. The second-order valence-corrected chi connectivity index (χ2v) is 8.80. The summed E-state index contributed by atoms with van der Waals surface area (Å²) in [4.78, 5) is 12.8. The molecule has 5 nitrogen and oxygen atoms in total. The van der Waals surface area contributed by atoms with Crippen LogP contribution in [0.3, 0.4) is 0 Å². The van der Waals surface area contributed by atoms with Crippen LogP contribution in [0.5, 0.6) is 0 Å². The van der Waals surface area contributed by atoms with Gasteiger partial charge in [-0.15, -0.1) is 0 Å². The summed E-state index contributed by atoms with van der Waals surface area (Å²) < 4.78 is 25.2. The first-order chi connectivity index (χ1) is 13.7. The monoisotopic (exact) mass is 430 g/mol. The SMILES string of the molecule is CCC(=O)c1c(CC)c(-c2ccc(Cl)cc2)n(-c2ccc(S(N)(=O)=O)cc2)c1C. The number of nitrogens with zero attached hydrogens (tertiary/aromatic N) is 1. The van der Waals surface area contributed by atoms with Gasteiger partial charge in [0.05, 0.1) is 10.6 Å². The fourth-order valence-corrected chi connectivity index (χ4v) is 4.30. The molecule has 0 bridgehead atoms. The van der Waals surface area contributed by atoms with Crippen molar-refractivity contribution in [3.8, 4) is 16.9 Å². The van der Waals surface area contributed by atoms with Crippen LogP contribution in [-0.4, -0.2) is 18.8 Å². The molecule has 0 aliphatic rings. The van der Waals surface area contributed by atoms with Crippen molar-refractivity contribution in [2.24, 2.45) is 5.14 Å². The lowest BCUT2D eigenvalue weighted by Crippen LogP contribution is -2.12. The van der Waals surface area contributed by atoms with Crippen molar-refractivity contribution in [1.82, 2.24) is 4.57 Å². The number of carbonyl (C=O) groups excluding carboxylic acids is 1. The Morgan fingerprint density at radius 1 is 1.03 bits per heavy atom. The Bertz CT molecular complexity index is 1160. The van der Waals surface area contributed by atoms with E-state index in [-0.39, 0.29) is 10.7 Å². The summed E-state index contributed by atoms with van der Waals surface area (Å²) in [6.07, 6.45) is 1.09. The van der Waals surface area contributed by atoms with Crippen LogP contribution < -0.4 is 5.14 Å². The van der Waals surface area contributed by atoms with Gasteiger partial charge in [0.2, 0.25) is 10.0 Å². The molecule has 0 unspecified atom stereocenters. The predicted molar refractivity (Wildman–Crippen MR) is 116 cm³/mol. The Hall–Kier alpha value is -2.41. The zero-order chi connectivity index (χ0) is 21.3. The average Bonchev–Trinajstić information content (AvgIpc) is 2.99. The standard InChI is InChI=1S/C22H23ClN2O3S/c1-4-19-21(20(26)5-2)14(3)25(22(19)15-6-8-16(23)9-7-15)17-10-12-18(13-11-17)29(24,27)28/h6-13H,4-5H2,1-3H3,(H2,24,27,28). The molecule has 1 heterocycles. The Labute approximate surface area is 176 Å². The number of primary sulfonamides is 1. The van der Waals surface area contributed by atoms with Gasteiger partial charge < -0.3 is 4.57 Å². The molecule has 2 N–H and O–H groups in total. The molecule has 2 aromatic carbocycles. The van der Waals surface area contributed by atoms with Crippen LogP contribution in [-0.2, 0) is 16.4 Å². The predicted octanol–water partition coefficient (Wildman–Crippen LogP) is 4.91. The van der Waals surface area contributed by atoms with E-state index in [4.69, 9.17) is 16.7 Å². The summed E-state index contributed by atoms with van der Waals surface area (Å²) in [6.45, 7) is 5.78. The van der Waals surface area contributed by atoms with Gasteiger partial charge in [-0.1, -0.05) is 37.6 Å². The molecular weight excluding hydrogens is 408 g/mol. The average molecular weight is 431 g/mol. The van der Waals surface area contributed by atoms with Crippen LogP contribution in [0.1, 0.15) is 41.9 Å². The summed E-state index contributed by atoms with van der Waals surface area (Å²) in [6, 6.07) is 13.8. The number of nitrogens with two attached hydrogens (primary N) is 1. The third-order valence-electron chi connectivity index (χ3n) is 5.00. The third kappa shape index (κ3) is 4.01. The molecule has 1 aromatic heterocycles. The van der Waals surface area contributed by atoms with E-state index in [1.54, 1.807) is 12.1 Å². The van der Waals surface area contributed by atoms with Gasteiger partial charge in [0.1, 0.15) is 0 Å². The van der Waals surface area contributed by atoms with Gasteiger partial charge in [-0.05, 0) is 60.9 Å². The van der Waals surface area contributed by atoms with E-state index in [2.05, 4.69) is 0 Å². The summed E-state index contributed by atoms with van der Waals surface area (Å²) in [7, 11) is -3.78. The summed E-state index contributed by atoms with van der Waals surface area (Å²) in [5.74, 6) is 0.0782. The van der Waals surface area contributed by atoms with Gasteiger partial charge in [0.25, 0.3) is 0 Å². The van der Waals surface area contributed by atoms with Gasteiger partial charge in [-0.25, -0.2) is 13.6 Å². The maximum atomic E-state index is 12.8. The van der Waals surface area contributed by atoms with Crippen molar-refractivity contribution in [3.05, 3.63) is 70.4 Å². The van der Waals surface area contributed by atoms with Crippen molar-refractivity contribution in [1.29, 1.82) is 0 Å². The molecule has 0 saturated heterocycles. The summed E-state index contributed by atoms with van der Waals surface area (Å²) in [5, 5.41) is 5.86. The number of sulfonamides is 1. The highest BCUT2D eigenvalue weighted by molar-refractivity contribution is 7.89. The lowest BCUT2D eigenvalue weighted by Gasteiger charge is -2.14. The maximum Gasteiger partial charge on any atom is 0.238 e. The van der Waals surface area contributed by atoms with Crippen LogP contribution in [0.4, 0.5) is 0 Å². The fourth-order valence-electron chi connectivity index (χ4n) is 3.66. The molecule has 0 radical (unpaired) electrons. The Kier molecular flexibility index (Phi) is 5.98. The topological polar surface area (TPSA) is 82.2 Å². The van der Waals surface area contributed by atoms with Crippen LogP contribution in [0, 0.1) is 6.92 Å². The number of rotatable bonds is 6. The number of halogens is 1. The number of ketones is 1. The Morgan fingerprint density at radius 3 is 2.10 bits per heavy atom. The van der Waals surface area contributed by atoms with Gasteiger partial charge >= 0.3 is 0 Å². The minimum atomic E-state index is -3.78. The van der Waals surface area contributed by atoms with Gasteiger partial charge in [0, 0.05) is 28.4 Å². The molecule has 0 atom stereocenters. The van der Waals surface area contributed by atoms with Crippen molar-refractivity contribution in [2.75, 3.05) is 0 Å². The molecule has 0 spiro atoms. The molecule has 0 aliphatic heterocycles. The highest BCUT2D eigenvalue weighted by Crippen LogP contribution is 2.36. The van der Waals surface area contributed by atoms with Crippen molar-refractivity contribution < 1.29 is 13.2 Å². The number of benzene rings is 2. The van der Waals surface area contributed by atoms with Crippen molar-refractivity contribution >= 4 is 27.4 Å². The molecular formula is C22H23ClN2O3S. The lowest BCUT2D eigenvalue weighted by molar-refractivity contribution is 0.0987. The smallest absolute Gasteiger partial charge is 0.238 e. The zero-order valence-corrected chi connectivity index (χ0v) is 18.1. The largest absolute Gasteiger partial charge is 0.313 e. The maximum absolute atomic E-state index is 12.8. The van der Waals surface area contributed by atoms with Gasteiger partial charge in [-0.2, -0.15) is 0 Å². The van der Waals surface area contributed by atoms with Crippen LogP contribution >= 0.6 is 11.6 Å². The molecule has 3 aromatic rings. The number of carbonyl (C=O) groups is 1. The van der Waals surface area contributed by atoms with E-state index in [9.17, 15) is 13.2 Å². The van der Waals surface area contributed by atoms with Crippen LogP contribution in [0.2, 0.25) is 5.02 Å². The number of hydrogen-bond acceptors (Lipinski definition) is 3. The molecule has 3 rings (SSSR count). The van der Waals surface area contributed by atoms with Gasteiger partial charge in [-0.3, -0.25) is 4.79 Å². The van der Waals surface area contributed by atoms with Crippen LogP contribution in [0.25, 0.3) is 16.9 Å². The van der Waals surface area contributed by atoms with E-state index in [1.165, 1.54) is 12.1 Å². The minimum absolute atomic E-state index is 0.0414. The van der Waals surface area contributed by atoms with E-state index in [1.807, 2.05) is 49.6 Å². The molecule has 29 heavy (non-hydrogen) atoms. The minimum Gasteiger partial charge on any atom is -0.313 e. The van der Waals surface area contributed by atoms with Crippen molar-refractivity contribution in [3.63, 3.8) is 0 Å². The first-order valence-corrected chi connectivity index (χ1v) is 11.3. The highest BCUT2D eigenvalue weighted by atomic mass is 35.5. The number of Topliss-reactive ketones (excluding diaryl/α,β-unsaturated/α-hetero) is 1. The second kappa shape index (κ2) is 8.14. The Morgan fingerprint density at radius 2 is 1.62 bits per heavy atom. The molecule has 0 amide bonds. The van der Waals surface area contributed by atoms with E-state index >= 15 is 0 Å². The molecule has 0 fully saturated rings.